The standard InChI is InChI=1S/C12H17NO2/c1-14-11-5-3-10(4-6-11)7-12(15-2)8-13-9-12/h3-6,13H,7-9H2,1-2H3. The molecule has 3 nitrogen and oxygen atoms in total. The number of hydrogen-bond donors (Lipinski definition) is 1. The molecule has 0 radical (unpaired) electrons. The molecule has 0 unspecified atom stereocenters. The Balaban J connectivity index is 2.03. The molecule has 0 aliphatic carbocycles. The largest absolute Gasteiger partial charge is 0.497 e. The smallest absolute Gasteiger partial charge is 0.118 e. The van der Waals surface area contributed by atoms with Crippen molar-refractivity contribution in [2.45, 2.75) is 12.0 Å². The van der Waals surface area contributed by atoms with Crippen molar-refractivity contribution in [2.24, 2.45) is 0 Å². The van der Waals surface area contributed by atoms with Crippen LogP contribution in [0.4, 0.5) is 0 Å². The zero-order valence-corrected chi connectivity index (χ0v) is 9.25. The zero-order valence-electron chi connectivity index (χ0n) is 9.25. The molecule has 0 bridgehead atoms. The van der Waals surface area contributed by atoms with E-state index in [9.17, 15) is 0 Å². The maximum atomic E-state index is 5.54. The SMILES string of the molecule is COc1ccc(CC2(OC)CNC2)cc1. The third-order valence-corrected chi connectivity index (χ3v) is 3.01. The highest BCUT2D eigenvalue weighted by Crippen LogP contribution is 2.22. The Morgan fingerprint density at radius 2 is 1.87 bits per heavy atom. The Labute approximate surface area is 90.4 Å². The monoisotopic (exact) mass is 207 g/mol. The van der Waals surface area contributed by atoms with Crippen LogP contribution < -0.4 is 10.1 Å². The Morgan fingerprint density at radius 3 is 2.27 bits per heavy atom. The minimum absolute atomic E-state index is 0.00852. The fourth-order valence-corrected chi connectivity index (χ4v) is 1.86. The third kappa shape index (κ3) is 2.13. The van der Waals surface area contributed by atoms with Gasteiger partial charge in [-0.3, -0.25) is 0 Å². The van der Waals surface area contributed by atoms with Crippen molar-refractivity contribution in [1.82, 2.24) is 5.32 Å². The van der Waals surface area contributed by atoms with E-state index in [1.807, 2.05) is 12.1 Å². The minimum atomic E-state index is 0.00852. The van der Waals surface area contributed by atoms with E-state index in [4.69, 9.17) is 9.47 Å². The van der Waals surface area contributed by atoms with E-state index < -0.39 is 0 Å². The van der Waals surface area contributed by atoms with Crippen LogP contribution in [-0.2, 0) is 11.2 Å². The van der Waals surface area contributed by atoms with Gasteiger partial charge in [0.2, 0.25) is 0 Å². The van der Waals surface area contributed by atoms with Crippen LogP contribution in [0.5, 0.6) is 5.75 Å². The highest BCUT2D eigenvalue weighted by atomic mass is 16.5. The maximum absolute atomic E-state index is 5.54. The van der Waals surface area contributed by atoms with Crippen LogP contribution in [-0.4, -0.2) is 32.9 Å². The van der Waals surface area contributed by atoms with Gasteiger partial charge >= 0.3 is 0 Å². The average molecular weight is 207 g/mol. The van der Waals surface area contributed by atoms with Crippen LogP contribution in [0.25, 0.3) is 0 Å². The van der Waals surface area contributed by atoms with Crippen molar-refractivity contribution in [3.63, 3.8) is 0 Å². The molecule has 1 aromatic carbocycles. The molecule has 2 rings (SSSR count). The number of nitrogens with one attached hydrogen (secondary N) is 1. The molecule has 0 atom stereocenters. The predicted octanol–water partition coefficient (Wildman–Crippen LogP) is 1.23. The predicted molar refractivity (Wildman–Crippen MR) is 59.3 cm³/mol. The van der Waals surface area contributed by atoms with E-state index in [0.29, 0.717) is 0 Å². The van der Waals surface area contributed by atoms with Gasteiger partial charge in [0, 0.05) is 26.6 Å². The van der Waals surface area contributed by atoms with Gasteiger partial charge in [-0.15, -0.1) is 0 Å². The van der Waals surface area contributed by atoms with Crippen LogP contribution in [0.1, 0.15) is 5.56 Å². The summed E-state index contributed by atoms with van der Waals surface area (Å²) in [7, 11) is 3.46. The zero-order chi connectivity index (χ0) is 10.7. The van der Waals surface area contributed by atoms with Gasteiger partial charge < -0.3 is 14.8 Å². The number of ether oxygens (including phenoxy) is 2. The average Bonchev–Trinajstić information content (AvgIpc) is 2.24. The Morgan fingerprint density at radius 1 is 1.20 bits per heavy atom. The second kappa shape index (κ2) is 4.21. The van der Waals surface area contributed by atoms with Gasteiger partial charge in [-0.25, -0.2) is 0 Å². The van der Waals surface area contributed by atoms with Crippen molar-refractivity contribution in [1.29, 1.82) is 0 Å². The lowest BCUT2D eigenvalue weighted by molar-refractivity contribution is -0.0502. The van der Waals surface area contributed by atoms with Gasteiger partial charge in [0.25, 0.3) is 0 Å². The van der Waals surface area contributed by atoms with E-state index >= 15 is 0 Å². The van der Waals surface area contributed by atoms with E-state index in [1.165, 1.54) is 5.56 Å². The summed E-state index contributed by atoms with van der Waals surface area (Å²) in [6.07, 6.45) is 0.959. The van der Waals surface area contributed by atoms with Crippen molar-refractivity contribution in [3.8, 4) is 5.75 Å². The molecular formula is C12H17NO2. The lowest BCUT2D eigenvalue weighted by Crippen LogP contribution is -2.61. The van der Waals surface area contributed by atoms with Crippen LogP contribution in [0.3, 0.4) is 0 Å². The fraction of sp³-hybridized carbons (Fsp3) is 0.500. The van der Waals surface area contributed by atoms with Gasteiger partial charge in [0.1, 0.15) is 5.75 Å². The molecule has 0 aromatic heterocycles. The minimum Gasteiger partial charge on any atom is -0.497 e. The number of benzene rings is 1. The second-order valence-corrected chi connectivity index (χ2v) is 4.02. The number of rotatable bonds is 4. The molecule has 1 saturated heterocycles. The molecule has 15 heavy (non-hydrogen) atoms. The van der Waals surface area contributed by atoms with E-state index in [-0.39, 0.29) is 5.60 Å². The Bertz CT molecular complexity index is 311. The molecule has 0 amide bonds. The number of hydrogen-bond acceptors (Lipinski definition) is 3. The first kappa shape index (κ1) is 10.5. The first-order valence-electron chi connectivity index (χ1n) is 5.17. The van der Waals surface area contributed by atoms with E-state index in [0.717, 1.165) is 25.3 Å². The lowest BCUT2D eigenvalue weighted by Gasteiger charge is -2.41. The van der Waals surface area contributed by atoms with Gasteiger partial charge in [-0.2, -0.15) is 0 Å². The summed E-state index contributed by atoms with van der Waals surface area (Å²) in [5.41, 5.74) is 1.30. The van der Waals surface area contributed by atoms with Crippen molar-refractivity contribution >= 4 is 0 Å². The summed E-state index contributed by atoms with van der Waals surface area (Å²) in [6.45, 7) is 1.88. The van der Waals surface area contributed by atoms with Crippen molar-refractivity contribution in [2.75, 3.05) is 27.3 Å². The van der Waals surface area contributed by atoms with Crippen LogP contribution in [0, 0.1) is 0 Å². The Hall–Kier alpha value is -1.06. The molecular weight excluding hydrogens is 190 g/mol. The first-order chi connectivity index (χ1) is 7.28. The summed E-state index contributed by atoms with van der Waals surface area (Å²) in [5, 5.41) is 3.25. The van der Waals surface area contributed by atoms with Gasteiger partial charge in [-0.05, 0) is 17.7 Å². The highest BCUT2D eigenvalue weighted by molar-refractivity contribution is 5.28. The van der Waals surface area contributed by atoms with Gasteiger partial charge in [-0.1, -0.05) is 12.1 Å². The highest BCUT2D eigenvalue weighted by Gasteiger charge is 2.36. The van der Waals surface area contributed by atoms with Gasteiger partial charge in [0.15, 0.2) is 0 Å². The molecule has 1 aliphatic heterocycles. The van der Waals surface area contributed by atoms with Crippen LogP contribution in [0.2, 0.25) is 0 Å². The third-order valence-electron chi connectivity index (χ3n) is 3.01. The van der Waals surface area contributed by atoms with Crippen molar-refractivity contribution < 1.29 is 9.47 Å². The molecule has 1 N–H and O–H groups in total. The summed E-state index contributed by atoms with van der Waals surface area (Å²) >= 11 is 0. The maximum Gasteiger partial charge on any atom is 0.118 e. The molecule has 0 saturated carbocycles. The lowest BCUT2D eigenvalue weighted by atomic mass is 9.89. The second-order valence-electron chi connectivity index (χ2n) is 4.02. The normalized spacial score (nSPS) is 18.3. The number of methoxy groups -OCH3 is 2. The van der Waals surface area contributed by atoms with E-state index in [1.54, 1.807) is 14.2 Å². The quantitative estimate of drug-likeness (QED) is 0.805. The summed E-state index contributed by atoms with van der Waals surface area (Å²) < 4.78 is 10.7. The summed E-state index contributed by atoms with van der Waals surface area (Å²) in [5.74, 6) is 0.900. The molecule has 3 heteroatoms. The summed E-state index contributed by atoms with van der Waals surface area (Å²) in [6, 6.07) is 8.17. The molecule has 0 spiro atoms. The topological polar surface area (TPSA) is 30.5 Å². The molecule has 1 fully saturated rings. The molecule has 82 valence electrons. The van der Waals surface area contributed by atoms with Gasteiger partial charge in [0.05, 0.1) is 12.7 Å². The molecule has 1 aromatic rings. The van der Waals surface area contributed by atoms with Crippen LogP contribution in [0.15, 0.2) is 24.3 Å². The fourth-order valence-electron chi connectivity index (χ4n) is 1.86. The van der Waals surface area contributed by atoms with Crippen LogP contribution >= 0.6 is 0 Å². The van der Waals surface area contributed by atoms with E-state index in [2.05, 4.69) is 17.4 Å². The summed E-state index contributed by atoms with van der Waals surface area (Å²) in [4.78, 5) is 0. The molecule has 1 heterocycles. The molecule has 1 aliphatic rings. The van der Waals surface area contributed by atoms with Crippen molar-refractivity contribution in [3.05, 3.63) is 29.8 Å². The Kier molecular flexibility index (Phi) is 2.93. The first-order valence-corrected chi connectivity index (χ1v) is 5.17.